The van der Waals surface area contributed by atoms with Crippen LogP contribution in [0, 0.1) is 0 Å². The van der Waals surface area contributed by atoms with Crippen molar-refractivity contribution >= 4 is 21.5 Å². The van der Waals surface area contributed by atoms with Crippen LogP contribution in [0.5, 0.6) is 0 Å². The molecule has 0 fully saturated rings. The minimum absolute atomic E-state index is 0.235. The van der Waals surface area contributed by atoms with E-state index in [1.54, 1.807) is 31.4 Å². The molecule has 0 saturated heterocycles. The molecule has 0 aliphatic heterocycles. The van der Waals surface area contributed by atoms with Crippen molar-refractivity contribution in [2.24, 2.45) is 0 Å². The van der Waals surface area contributed by atoms with E-state index >= 15 is 0 Å². The molecule has 2 aromatic rings. The Morgan fingerprint density at radius 1 is 1.12 bits per heavy atom. The van der Waals surface area contributed by atoms with E-state index in [4.69, 9.17) is 4.74 Å². The second-order valence-corrected chi connectivity index (χ2v) is 7.72. The maximum Gasteiger partial charge on any atom is 0.261 e. The summed E-state index contributed by atoms with van der Waals surface area (Å²) in [4.78, 5) is 4.45. The highest BCUT2D eigenvalue weighted by molar-refractivity contribution is 7.92. The van der Waals surface area contributed by atoms with Gasteiger partial charge in [0.15, 0.2) is 0 Å². The summed E-state index contributed by atoms with van der Waals surface area (Å²) in [5, 5.41) is 3.15. The largest absolute Gasteiger partial charge is 0.385 e. The molecule has 0 unspecified atom stereocenters. The highest BCUT2D eigenvalue weighted by atomic mass is 32.2. The molecule has 0 aliphatic carbocycles. The molecule has 0 radical (unpaired) electrons. The topological polar surface area (TPSA) is 80.3 Å². The molecule has 0 bridgehead atoms. The molecule has 0 atom stereocenters. The molecule has 2 rings (SSSR count). The second-order valence-electron chi connectivity index (χ2n) is 6.03. The van der Waals surface area contributed by atoms with E-state index in [0.29, 0.717) is 24.0 Å². The second kappa shape index (κ2) is 8.82. The summed E-state index contributed by atoms with van der Waals surface area (Å²) < 4.78 is 32.4. The molecule has 25 heavy (non-hydrogen) atoms. The van der Waals surface area contributed by atoms with E-state index in [1.165, 1.54) is 6.20 Å². The third kappa shape index (κ3) is 5.72. The van der Waals surface area contributed by atoms with Crippen LogP contribution in [0.15, 0.2) is 47.5 Å². The average Bonchev–Trinajstić information content (AvgIpc) is 2.60. The Morgan fingerprint density at radius 2 is 1.84 bits per heavy atom. The quantitative estimate of drug-likeness (QED) is 0.667. The van der Waals surface area contributed by atoms with Crippen molar-refractivity contribution in [3.63, 3.8) is 0 Å². The van der Waals surface area contributed by atoms with Gasteiger partial charge < -0.3 is 10.1 Å². The van der Waals surface area contributed by atoms with Crippen molar-refractivity contribution < 1.29 is 13.2 Å². The minimum Gasteiger partial charge on any atom is -0.385 e. The Balaban J connectivity index is 2.00. The van der Waals surface area contributed by atoms with E-state index in [9.17, 15) is 8.42 Å². The van der Waals surface area contributed by atoms with Crippen molar-refractivity contribution in [2.45, 2.75) is 31.1 Å². The zero-order valence-electron chi connectivity index (χ0n) is 14.8. The normalized spacial score (nSPS) is 11.5. The third-order valence-corrected chi connectivity index (χ3v) is 5.10. The lowest BCUT2D eigenvalue weighted by Gasteiger charge is -2.11. The SMILES string of the molecule is COCCCNc1ccc(NS(=O)(=O)c2ccc(C(C)C)cc2)cn1. The fourth-order valence-electron chi connectivity index (χ4n) is 2.24. The summed E-state index contributed by atoms with van der Waals surface area (Å²) in [5.41, 5.74) is 1.53. The van der Waals surface area contributed by atoms with E-state index in [-0.39, 0.29) is 4.90 Å². The number of nitrogens with zero attached hydrogens (tertiary/aromatic N) is 1. The lowest BCUT2D eigenvalue weighted by Crippen LogP contribution is -2.13. The summed E-state index contributed by atoms with van der Waals surface area (Å²) in [6, 6.07) is 10.3. The summed E-state index contributed by atoms with van der Waals surface area (Å²) in [7, 11) is -1.96. The molecular weight excluding hydrogens is 338 g/mol. The molecule has 0 spiro atoms. The molecular formula is C18H25N3O3S. The number of hydrogen-bond acceptors (Lipinski definition) is 5. The number of benzene rings is 1. The van der Waals surface area contributed by atoms with Crippen molar-refractivity contribution in [3.05, 3.63) is 48.2 Å². The number of anilines is 2. The lowest BCUT2D eigenvalue weighted by molar-refractivity contribution is 0.198. The van der Waals surface area contributed by atoms with Crippen LogP contribution in [-0.2, 0) is 14.8 Å². The van der Waals surface area contributed by atoms with Crippen LogP contribution >= 0.6 is 0 Å². The number of methoxy groups -OCH3 is 1. The average molecular weight is 363 g/mol. The Bertz CT molecular complexity index is 757. The summed E-state index contributed by atoms with van der Waals surface area (Å²) in [5.74, 6) is 1.05. The van der Waals surface area contributed by atoms with Gasteiger partial charge in [-0.05, 0) is 42.2 Å². The van der Waals surface area contributed by atoms with Crippen molar-refractivity contribution in [1.29, 1.82) is 0 Å². The van der Waals surface area contributed by atoms with Gasteiger partial charge in [-0.3, -0.25) is 4.72 Å². The van der Waals surface area contributed by atoms with Crippen LogP contribution in [0.3, 0.4) is 0 Å². The molecule has 1 aromatic carbocycles. The van der Waals surface area contributed by atoms with Crippen LogP contribution in [0.1, 0.15) is 31.7 Å². The number of hydrogen-bond donors (Lipinski definition) is 2. The van der Waals surface area contributed by atoms with E-state index in [0.717, 1.165) is 18.5 Å². The Kier molecular flexibility index (Phi) is 6.78. The molecule has 0 saturated carbocycles. The lowest BCUT2D eigenvalue weighted by atomic mass is 10.0. The first-order chi connectivity index (χ1) is 11.9. The number of nitrogens with one attached hydrogen (secondary N) is 2. The van der Waals surface area contributed by atoms with Crippen LogP contribution in [0.4, 0.5) is 11.5 Å². The monoisotopic (exact) mass is 363 g/mol. The highest BCUT2D eigenvalue weighted by Crippen LogP contribution is 2.20. The van der Waals surface area contributed by atoms with Gasteiger partial charge in [0.1, 0.15) is 5.82 Å². The predicted octanol–water partition coefficient (Wildman–Crippen LogP) is 3.45. The third-order valence-electron chi connectivity index (χ3n) is 3.70. The summed E-state index contributed by atoms with van der Waals surface area (Å²) in [6.07, 6.45) is 2.37. The molecule has 0 amide bonds. The van der Waals surface area contributed by atoms with E-state index in [2.05, 4.69) is 28.9 Å². The zero-order valence-corrected chi connectivity index (χ0v) is 15.6. The number of rotatable bonds is 9. The molecule has 2 N–H and O–H groups in total. The summed E-state index contributed by atoms with van der Waals surface area (Å²) >= 11 is 0. The van der Waals surface area contributed by atoms with E-state index < -0.39 is 10.0 Å². The first-order valence-corrected chi connectivity index (χ1v) is 9.72. The van der Waals surface area contributed by atoms with Gasteiger partial charge in [-0.2, -0.15) is 0 Å². The van der Waals surface area contributed by atoms with Crippen molar-refractivity contribution in [3.8, 4) is 0 Å². The first-order valence-electron chi connectivity index (χ1n) is 8.24. The number of pyridine rings is 1. The van der Waals surface area contributed by atoms with Crippen LogP contribution < -0.4 is 10.0 Å². The highest BCUT2D eigenvalue weighted by Gasteiger charge is 2.14. The molecule has 1 aromatic heterocycles. The van der Waals surface area contributed by atoms with Gasteiger partial charge in [0.2, 0.25) is 0 Å². The molecule has 6 nitrogen and oxygen atoms in total. The Labute approximate surface area is 149 Å². The molecule has 136 valence electrons. The van der Waals surface area contributed by atoms with Crippen LogP contribution in [-0.4, -0.2) is 33.7 Å². The van der Waals surface area contributed by atoms with Gasteiger partial charge in [-0.1, -0.05) is 26.0 Å². The van der Waals surface area contributed by atoms with Crippen molar-refractivity contribution in [1.82, 2.24) is 4.98 Å². The smallest absolute Gasteiger partial charge is 0.261 e. The minimum atomic E-state index is -3.62. The van der Waals surface area contributed by atoms with Crippen LogP contribution in [0.2, 0.25) is 0 Å². The maximum absolute atomic E-state index is 12.4. The number of ether oxygens (including phenoxy) is 1. The molecule has 7 heteroatoms. The van der Waals surface area contributed by atoms with Gasteiger partial charge in [0.25, 0.3) is 10.0 Å². The van der Waals surface area contributed by atoms with Gasteiger partial charge in [-0.15, -0.1) is 0 Å². The standard InChI is InChI=1S/C18H25N3O3S/c1-14(2)15-5-8-17(9-6-15)25(22,23)21-16-7-10-18(20-13-16)19-11-4-12-24-3/h5-10,13-14,21H,4,11-12H2,1-3H3,(H,19,20). The predicted molar refractivity (Wildman–Crippen MR) is 101 cm³/mol. The van der Waals surface area contributed by atoms with Gasteiger partial charge >= 0.3 is 0 Å². The fourth-order valence-corrected chi connectivity index (χ4v) is 3.28. The van der Waals surface area contributed by atoms with Gasteiger partial charge in [-0.25, -0.2) is 13.4 Å². The fraction of sp³-hybridized carbons (Fsp3) is 0.389. The first kappa shape index (κ1) is 19.2. The zero-order chi connectivity index (χ0) is 18.3. The summed E-state index contributed by atoms with van der Waals surface area (Å²) in [6.45, 7) is 5.56. The van der Waals surface area contributed by atoms with Gasteiger partial charge in [0, 0.05) is 20.3 Å². The number of aromatic nitrogens is 1. The van der Waals surface area contributed by atoms with Crippen molar-refractivity contribution in [2.75, 3.05) is 30.3 Å². The maximum atomic E-state index is 12.4. The molecule has 1 heterocycles. The van der Waals surface area contributed by atoms with Gasteiger partial charge in [0.05, 0.1) is 16.8 Å². The Hall–Kier alpha value is -2.12. The Morgan fingerprint density at radius 3 is 2.40 bits per heavy atom. The molecule has 0 aliphatic rings. The van der Waals surface area contributed by atoms with E-state index in [1.807, 2.05) is 12.1 Å². The number of sulfonamides is 1. The van der Waals surface area contributed by atoms with Crippen LogP contribution in [0.25, 0.3) is 0 Å².